The van der Waals surface area contributed by atoms with Crippen LogP contribution in [0.15, 0.2) is 12.2 Å². The fraction of sp³-hybridized carbons (Fsp3) is 0.905. The molecule has 0 bridgehead atoms. The van der Waals surface area contributed by atoms with Crippen LogP contribution in [-0.2, 0) is 0 Å². The molecule has 0 saturated heterocycles. The Bertz CT molecular complexity index is 482. The first-order chi connectivity index (χ1) is 10.4. The SMILES string of the molecule is CC[C@@]1(O)C=C[C@H]2[C@@H]3CCC4CCCC[C@]4(C)[C@H]3CC[C@@]21C. The second-order valence-corrected chi connectivity index (χ2v) is 9.42. The second-order valence-electron chi connectivity index (χ2n) is 9.42. The Kier molecular flexibility index (Phi) is 3.36. The highest BCUT2D eigenvalue weighted by Gasteiger charge is 2.61. The molecule has 22 heavy (non-hydrogen) atoms. The minimum atomic E-state index is -0.549. The minimum Gasteiger partial charge on any atom is -0.385 e. The van der Waals surface area contributed by atoms with Crippen LogP contribution in [0.5, 0.6) is 0 Å². The van der Waals surface area contributed by atoms with Crippen LogP contribution in [0, 0.1) is 34.5 Å². The van der Waals surface area contributed by atoms with Crippen LogP contribution in [0.25, 0.3) is 0 Å². The lowest BCUT2D eigenvalue weighted by Crippen LogP contribution is -2.56. The van der Waals surface area contributed by atoms with Gasteiger partial charge in [-0.2, -0.15) is 0 Å². The van der Waals surface area contributed by atoms with Crippen LogP contribution < -0.4 is 0 Å². The molecule has 3 saturated carbocycles. The van der Waals surface area contributed by atoms with Crippen LogP contribution >= 0.6 is 0 Å². The smallest absolute Gasteiger partial charge is 0.0884 e. The Morgan fingerprint density at radius 1 is 1.05 bits per heavy atom. The third-order valence-electron chi connectivity index (χ3n) is 8.94. The van der Waals surface area contributed by atoms with E-state index in [1.165, 1.54) is 51.4 Å². The largest absolute Gasteiger partial charge is 0.385 e. The van der Waals surface area contributed by atoms with Gasteiger partial charge in [0.2, 0.25) is 0 Å². The lowest BCUT2D eigenvalue weighted by atomic mass is 9.44. The Morgan fingerprint density at radius 2 is 1.86 bits per heavy atom. The Hall–Kier alpha value is -0.300. The van der Waals surface area contributed by atoms with Crippen molar-refractivity contribution >= 4 is 0 Å². The van der Waals surface area contributed by atoms with E-state index < -0.39 is 5.60 Å². The predicted octanol–water partition coefficient (Wildman–Crippen LogP) is 5.34. The monoisotopic (exact) mass is 302 g/mol. The summed E-state index contributed by atoms with van der Waals surface area (Å²) in [5.41, 5.74) is 0.150. The highest BCUT2D eigenvalue weighted by Crippen LogP contribution is 2.66. The molecule has 4 aliphatic rings. The van der Waals surface area contributed by atoms with E-state index in [1.807, 2.05) is 0 Å². The van der Waals surface area contributed by atoms with Gasteiger partial charge in [0.05, 0.1) is 5.60 Å². The molecule has 1 heteroatoms. The topological polar surface area (TPSA) is 20.2 Å². The van der Waals surface area contributed by atoms with Gasteiger partial charge in [0.15, 0.2) is 0 Å². The highest BCUT2D eigenvalue weighted by molar-refractivity contribution is 5.25. The number of fused-ring (bicyclic) bond motifs is 5. The van der Waals surface area contributed by atoms with Crippen molar-refractivity contribution < 1.29 is 5.11 Å². The number of allylic oxidation sites excluding steroid dienone is 1. The molecule has 124 valence electrons. The molecule has 4 aliphatic carbocycles. The summed E-state index contributed by atoms with van der Waals surface area (Å²) in [5, 5.41) is 11.2. The number of rotatable bonds is 1. The van der Waals surface area contributed by atoms with Gasteiger partial charge in [0.25, 0.3) is 0 Å². The zero-order chi connectivity index (χ0) is 15.6. The molecular weight excluding hydrogens is 268 g/mol. The average Bonchev–Trinajstić information content (AvgIpc) is 2.79. The average molecular weight is 303 g/mol. The maximum absolute atomic E-state index is 11.2. The van der Waals surface area contributed by atoms with E-state index in [1.54, 1.807) is 0 Å². The minimum absolute atomic E-state index is 0.0980. The van der Waals surface area contributed by atoms with E-state index in [9.17, 15) is 5.11 Å². The quantitative estimate of drug-likeness (QED) is 0.648. The maximum atomic E-state index is 11.2. The first-order valence-electron chi connectivity index (χ1n) is 9.86. The third kappa shape index (κ3) is 1.75. The third-order valence-corrected chi connectivity index (χ3v) is 8.94. The van der Waals surface area contributed by atoms with E-state index >= 15 is 0 Å². The molecule has 0 amide bonds. The van der Waals surface area contributed by atoms with Crippen molar-refractivity contribution in [1.82, 2.24) is 0 Å². The van der Waals surface area contributed by atoms with E-state index in [0.29, 0.717) is 11.3 Å². The Balaban J connectivity index is 1.66. The van der Waals surface area contributed by atoms with Crippen molar-refractivity contribution in [1.29, 1.82) is 0 Å². The van der Waals surface area contributed by atoms with Gasteiger partial charge in [0, 0.05) is 5.41 Å². The standard InChI is InChI=1S/C21H34O/c1-4-21(22)14-11-18-16-9-8-15-7-5-6-12-19(15,2)17(16)10-13-20(18,21)3/h11,14-18,22H,4-10,12-13H2,1-3H3/t15?,16-,17+,18+,19+,20+,21-/m1/s1. The van der Waals surface area contributed by atoms with Crippen molar-refractivity contribution in [2.45, 2.75) is 84.2 Å². The lowest BCUT2D eigenvalue weighted by Gasteiger charge is -2.61. The molecular formula is C21H34O. The normalized spacial score (nSPS) is 57.1. The highest BCUT2D eigenvalue weighted by atomic mass is 16.3. The first-order valence-corrected chi connectivity index (χ1v) is 9.86. The molecule has 0 aromatic heterocycles. The van der Waals surface area contributed by atoms with E-state index in [2.05, 4.69) is 32.9 Å². The van der Waals surface area contributed by atoms with Crippen molar-refractivity contribution in [3.05, 3.63) is 12.2 Å². The Labute approximate surface area is 136 Å². The Morgan fingerprint density at radius 3 is 2.64 bits per heavy atom. The molecule has 1 nitrogen and oxygen atoms in total. The van der Waals surface area contributed by atoms with Crippen LogP contribution in [0.2, 0.25) is 0 Å². The predicted molar refractivity (Wildman–Crippen MR) is 91.5 cm³/mol. The van der Waals surface area contributed by atoms with E-state index in [4.69, 9.17) is 0 Å². The molecule has 0 aliphatic heterocycles. The molecule has 3 fully saturated rings. The molecule has 4 rings (SSSR count). The van der Waals surface area contributed by atoms with Crippen molar-refractivity contribution in [2.24, 2.45) is 34.5 Å². The molecule has 0 spiro atoms. The molecule has 0 aromatic rings. The lowest BCUT2D eigenvalue weighted by molar-refractivity contribution is -0.143. The zero-order valence-corrected chi connectivity index (χ0v) is 14.8. The van der Waals surface area contributed by atoms with Crippen molar-refractivity contribution in [3.63, 3.8) is 0 Å². The molecule has 0 aromatic carbocycles. The number of hydrogen-bond donors (Lipinski definition) is 1. The summed E-state index contributed by atoms with van der Waals surface area (Å²) in [7, 11) is 0. The first kappa shape index (κ1) is 15.2. The van der Waals surface area contributed by atoms with Gasteiger partial charge >= 0.3 is 0 Å². The fourth-order valence-electron chi connectivity index (χ4n) is 7.38. The van der Waals surface area contributed by atoms with Crippen LogP contribution in [-0.4, -0.2) is 10.7 Å². The number of aliphatic hydroxyl groups is 1. The van der Waals surface area contributed by atoms with Crippen LogP contribution in [0.4, 0.5) is 0 Å². The summed E-state index contributed by atoms with van der Waals surface area (Å²) >= 11 is 0. The van der Waals surface area contributed by atoms with Crippen molar-refractivity contribution in [3.8, 4) is 0 Å². The van der Waals surface area contributed by atoms with Gasteiger partial charge in [-0.1, -0.05) is 45.8 Å². The van der Waals surface area contributed by atoms with Gasteiger partial charge in [-0.25, -0.2) is 0 Å². The summed E-state index contributed by atoms with van der Waals surface area (Å²) in [4.78, 5) is 0. The van der Waals surface area contributed by atoms with Gasteiger partial charge in [-0.05, 0) is 74.0 Å². The molecule has 7 atom stereocenters. The van der Waals surface area contributed by atoms with Crippen LogP contribution in [0.3, 0.4) is 0 Å². The maximum Gasteiger partial charge on any atom is 0.0884 e. The molecule has 0 heterocycles. The van der Waals surface area contributed by atoms with Gasteiger partial charge in [-0.15, -0.1) is 0 Å². The van der Waals surface area contributed by atoms with Gasteiger partial charge in [-0.3, -0.25) is 0 Å². The second kappa shape index (κ2) is 4.85. The molecule has 1 N–H and O–H groups in total. The summed E-state index contributed by atoms with van der Waals surface area (Å²) in [5.74, 6) is 3.35. The summed E-state index contributed by atoms with van der Waals surface area (Å²) < 4.78 is 0. The zero-order valence-electron chi connectivity index (χ0n) is 14.8. The summed E-state index contributed by atoms with van der Waals surface area (Å²) in [6.45, 7) is 7.16. The van der Waals surface area contributed by atoms with Crippen molar-refractivity contribution in [2.75, 3.05) is 0 Å². The number of hydrogen-bond acceptors (Lipinski definition) is 1. The van der Waals surface area contributed by atoms with E-state index in [0.717, 1.165) is 24.2 Å². The van der Waals surface area contributed by atoms with Crippen LogP contribution in [0.1, 0.15) is 78.6 Å². The summed E-state index contributed by atoms with van der Waals surface area (Å²) in [6, 6.07) is 0. The summed E-state index contributed by atoms with van der Waals surface area (Å²) in [6.07, 6.45) is 16.8. The van der Waals surface area contributed by atoms with Gasteiger partial charge in [0.1, 0.15) is 0 Å². The van der Waals surface area contributed by atoms with E-state index in [-0.39, 0.29) is 5.41 Å². The van der Waals surface area contributed by atoms with Gasteiger partial charge < -0.3 is 5.11 Å². The molecule has 1 unspecified atom stereocenters. The molecule has 0 radical (unpaired) electrons. The fourth-order valence-corrected chi connectivity index (χ4v) is 7.38.